The van der Waals surface area contributed by atoms with Gasteiger partial charge in [-0.25, -0.2) is 13.6 Å². The number of halogens is 3. The maximum Gasteiger partial charge on any atom is 0.319 e. The molecule has 1 aromatic rings. The van der Waals surface area contributed by atoms with E-state index >= 15 is 0 Å². The zero-order chi connectivity index (χ0) is 15.4. The van der Waals surface area contributed by atoms with Crippen molar-refractivity contribution in [1.82, 2.24) is 5.32 Å². The number of carboxylic acid groups (broad SMARTS) is 1. The summed E-state index contributed by atoms with van der Waals surface area (Å²) in [7, 11) is 0. The van der Waals surface area contributed by atoms with Crippen LogP contribution in [0.5, 0.6) is 0 Å². The first-order valence-corrected chi connectivity index (χ1v) is 6.46. The van der Waals surface area contributed by atoms with Gasteiger partial charge in [0, 0.05) is 16.6 Å². The van der Waals surface area contributed by atoms with Gasteiger partial charge in [-0.3, -0.25) is 4.79 Å². The van der Waals surface area contributed by atoms with Crippen molar-refractivity contribution in [1.29, 1.82) is 0 Å². The summed E-state index contributed by atoms with van der Waals surface area (Å²) in [5, 5.41) is 13.4. The summed E-state index contributed by atoms with van der Waals surface area (Å²) in [5.74, 6) is -3.59. The molecule has 5 nitrogen and oxygen atoms in total. The van der Waals surface area contributed by atoms with Crippen LogP contribution in [0.1, 0.15) is 13.8 Å². The summed E-state index contributed by atoms with van der Waals surface area (Å²) in [6.07, 6.45) is 0. The van der Waals surface area contributed by atoms with E-state index in [2.05, 4.69) is 26.6 Å². The van der Waals surface area contributed by atoms with Gasteiger partial charge < -0.3 is 15.7 Å². The average molecular weight is 351 g/mol. The van der Waals surface area contributed by atoms with Crippen LogP contribution in [0, 0.1) is 17.6 Å². The highest BCUT2D eigenvalue weighted by Crippen LogP contribution is 2.26. The van der Waals surface area contributed by atoms with Gasteiger partial charge in [-0.05, 0) is 35.8 Å². The number of hydrogen-bond donors (Lipinski definition) is 3. The summed E-state index contributed by atoms with van der Waals surface area (Å²) < 4.78 is 26.4. The average Bonchev–Trinajstić information content (AvgIpc) is 2.32. The minimum atomic E-state index is -1.06. The van der Waals surface area contributed by atoms with E-state index in [1.807, 2.05) is 0 Å². The zero-order valence-corrected chi connectivity index (χ0v) is 12.3. The standard InChI is InChI=1S/C12H13BrF2N2O3/c1-5(11(18)19)6(2)16-12(20)17-10-8(13)3-7(14)4-9(10)15/h3-6H,1-2H3,(H,18,19)(H2,16,17,20). The van der Waals surface area contributed by atoms with Crippen molar-refractivity contribution in [3.63, 3.8) is 0 Å². The molecule has 2 amide bonds. The summed E-state index contributed by atoms with van der Waals surface area (Å²) in [6.45, 7) is 2.94. The van der Waals surface area contributed by atoms with Crippen LogP contribution < -0.4 is 10.6 Å². The number of anilines is 1. The Morgan fingerprint density at radius 2 is 1.90 bits per heavy atom. The highest BCUT2D eigenvalue weighted by Gasteiger charge is 2.21. The van der Waals surface area contributed by atoms with Crippen LogP contribution in [-0.2, 0) is 4.79 Å². The molecule has 3 N–H and O–H groups in total. The van der Waals surface area contributed by atoms with E-state index in [9.17, 15) is 18.4 Å². The molecule has 0 fully saturated rings. The van der Waals surface area contributed by atoms with Crippen molar-refractivity contribution in [3.8, 4) is 0 Å². The van der Waals surface area contributed by atoms with Crippen LogP contribution in [0.4, 0.5) is 19.3 Å². The number of amides is 2. The smallest absolute Gasteiger partial charge is 0.319 e. The molecule has 2 atom stereocenters. The third kappa shape index (κ3) is 4.16. The molecular weight excluding hydrogens is 338 g/mol. The molecule has 1 aromatic carbocycles. The molecule has 0 saturated heterocycles. The molecular formula is C12H13BrF2N2O3. The normalized spacial score (nSPS) is 13.4. The first-order chi connectivity index (χ1) is 9.22. The summed E-state index contributed by atoms with van der Waals surface area (Å²) in [6, 6.07) is 0.192. The molecule has 0 aromatic heterocycles. The van der Waals surface area contributed by atoms with Gasteiger partial charge in [0.05, 0.1) is 11.6 Å². The van der Waals surface area contributed by atoms with Gasteiger partial charge in [-0.15, -0.1) is 0 Å². The zero-order valence-electron chi connectivity index (χ0n) is 10.7. The molecule has 1 rings (SSSR count). The molecule has 0 bridgehead atoms. The fourth-order valence-electron chi connectivity index (χ4n) is 1.36. The summed E-state index contributed by atoms with van der Waals surface area (Å²) >= 11 is 2.93. The Balaban J connectivity index is 2.75. The summed E-state index contributed by atoms with van der Waals surface area (Å²) in [5.41, 5.74) is -0.223. The van der Waals surface area contributed by atoms with Gasteiger partial charge in [0.25, 0.3) is 0 Å². The second kappa shape index (κ2) is 6.65. The van der Waals surface area contributed by atoms with Crippen molar-refractivity contribution >= 4 is 33.6 Å². The second-order valence-electron chi connectivity index (χ2n) is 4.26. The van der Waals surface area contributed by atoms with Gasteiger partial charge in [-0.2, -0.15) is 0 Å². The van der Waals surface area contributed by atoms with Crippen molar-refractivity contribution in [2.75, 3.05) is 5.32 Å². The number of benzene rings is 1. The lowest BCUT2D eigenvalue weighted by Crippen LogP contribution is -2.42. The van der Waals surface area contributed by atoms with Crippen molar-refractivity contribution in [3.05, 3.63) is 28.2 Å². The van der Waals surface area contributed by atoms with E-state index in [1.54, 1.807) is 0 Å². The first-order valence-electron chi connectivity index (χ1n) is 5.67. The van der Waals surface area contributed by atoms with Crippen molar-refractivity contribution in [2.45, 2.75) is 19.9 Å². The molecule has 0 aliphatic carbocycles. The van der Waals surface area contributed by atoms with E-state index in [4.69, 9.17) is 5.11 Å². The highest BCUT2D eigenvalue weighted by atomic mass is 79.9. The van der Waals surface area contributed by atoms with E-state index in [0.717, 1.165) is 6.07 Å². The lowest BCUT2D eigenvalue weighted by Gasteiger charge is -2.18. The predicted octanol–water partition coefficient (Wildman–Crippen LogP) is 2.96. The van der Waals surface area contributed by atoms with Gasteiger partial charge >= 0.3 is 12.0 Å². The monoisotopic (exact) mass is 350 g/mol. The number of carboxylic acids is 1. The first kappa shape index (κ1) is 16.4. The topological polar surface area (TPSA) is 78.4 Å². The fourth-order valence-corrected chi connectivity index (χ4v) is 1.86. The van der Waals surface area contributed by atoms with Crippen LogP contribution in [0.15, 0.2) is 16.6 Å². The SMILES string of the molecule is CC(NC(=O)Nc1c(F)cc(F)cc1Br)C(C)C(=O)O. The minimum Gasteiger partial charge on any atom is -0.481 e. The number of hydrogen-bond acceptors (Lipinski definition) is 2. The van der Waals surface area contributed by atoms with Gasteiger partial charge in [0.15, 0.2) is 5.82 Å². The Hall–Kier alpha value is -1.70. The lowest BCUT2D eigenvalue weighted by molar-refractivity contribution is -0.141. The number of aliphatic carboxylic acids is 1. The number of nitrogens with one attached hydrogen (secondary N) is 2. The maximum absolute atomic E-state index is 13.5. The molecule has 0 radical (unpaired) electrons. The molecule has 0 heterocycles. The van der Waals surface area contributed by atoms with Crippen LogP contribution in [-0.4, -0.2) is 23.1 Å². The quantitative estimate of drug-likeness (QED) is 0.781. The number of carbonyl (C=O) groups is 2. The molecule has 0 aliphatic rings. The fraction of sp³-hybridized carbons (Fsp3) is 0.333. The third-order valence-electron chi connectivity index (χ3n) is 2.74. The Morgan fingerprint density at radius 1 is 1.30 bits per heavy atom. The Kier molecular flexibility index (Phi) is 5.43. The van der Waals surface area contributed by atoms with Crippen LogP contribution in [0.25, 0.3) is 0 Å². The van der Waals surface area contributed by atoms with Crippen LogP contribution in [0.3, 0.4) is 0 Å². The molecule has 0 spiro atoms. The van der Waals surface area contributed by atoms with E-state index in [0.29, 0.717) is 6.07 Å². The predicted molar refractivity (Wildman–Crippen MR) is 72.5 cm³/mol. The van der Waals surface area contributed by atoms with Crippen molar-refractivity contribution < 1.29 is 23.5 Å². The highest BCUT2D eigenvalue weighted by molar-refractivity contribution is 9.10. The molecule has 20 heavy (non-hydrogen) atoms. The largest absolute Gasteiger partial charge is 0.481 e. The van der Waals surface area contributed by atoms with Crippen LogP contribution >= 0.6 is 15.9 Å². The Bertz CT molecular complexity index is 516. The minimum absolute atomic E-state index is 0.0455. The Morgan fingerprint density at radius 3 is 2.40 bits per heavy atom. The molecule has 2 unspecified atom stereocenters. The van der Waals surface area contributed by atoms with E-state index < -0.39 is 35.6 Å². The number of urea groups is 1. The molecule has 8 heteroatoms. The lowest BCUT2D eigenvalue weighted by atomic mass is 10.0. The maximum atomic E-state index is 13.5. The van der Waals surface area contributed by atoms with E-state index in [-0.39, 0.29) is 10.2 Å². The molecule has 110 valence electrons. The third-order valence-corrected chi connectivity index (χ3v) is 3.37. The second-order valence-corrected chi connectivity index (χ2v) is 5.11. The molecule has 0 saturated carbocycles. The Labute approximate surface area is 122 Å². The number of carbonyl (C=O) groups excluding carboxylic acids is 1. The molecule has 0 aliphatic heterocycles. The van der Waals surface area contributed by atoms with Crippen molar-refractivity contribution in [2.24, 2.45) is 5.92 Å². The number of rotatable bonds is 4. The van der Waals surface area contributed by atoms with E-state index in [1.165, 1.54) is 13.8 Å². The summed E-state index contributed by atoms with van der Waals surface area (Å²) in [4.78, 5) is 22.4. The van der Waals surface area contributed by atoms with Gasteiger partial charge in [-0.1, -0.05) is 0 Å². The van der Waals surface area contributed by atoms with Gasteiger partial charge in [0.1, 0.15) is 5.82 Å². The van der Waals surface area contributed by atoms with Gasteiger partial charge in [0.2, 0.25) is 0 Å². The van der Waals surface area contributed by atoms with Crippen LogP contribution in [0.2, 0.25) is 0 Å².